The van der Waals surface area contributed by atoms with Gasteiger partial charge in [0.1, 0.15) is 5.69 Å². The van der Waals surface area contributed by atoms with Crippen molar-refractivity contribution in [3.05, 3.63) is 61.1 Å². The van der Waals surface area contributed by atoms with Gasteiger partial charge in [-0.2, -0.15) is 10.2 Å². The highest BCUT2D eigenvalue weighted by Gasteiger charge is 2.32. The summed E-state index contributed by atoms with van der Waals surface area (Å²) in [5.41, 5.74) is 2.23. The van der Waals surface area contributed by atoms with Gasteiger partial charge >= 0.3 is 0 Å². The van der Waals surface area contributed by atoms with Gasteiger partial charge in [-0.25, -0.2) is 22.8 Å². The van der Waals surface area contributed by atoms with Crippen LogP contribution < -0.4 is 0 Å². The first-order chi connectivity index (χ1) is 14.9. The van der Waals surface area contributed by atoms with Crippen LogP contribution in [0.2, 0.25) is 0 Å². The molecule has 1 aliphatic carbocycles. The van der Waals surface area contributed by atoms with Gasteiger partial charge in [-0.3, -0.25) is 4.98 Å². The first-order valence-electron chi connectivity index (χ1n) is 10.1. The third-order valence-electron chi connectivity index (χ3n) is 5.58. The third-order valence-corrected chi connectivity index (χ3v) is 6.69. The molecule has 158 valence electrons. The summed E-state index contributed by atoms with van der Waals surface area (Å²) in [6.07, 6.45) is 8.87. The fraction of sp³-hybridized carbons (Fsp3) is 0.273. The van der Waals surface area contributed by atoms with Crippen molar-refractivity contribution in [3.63, 3.8) is 0 Å². The summed E-state index contributed by atoms with van der Waals surface area (Å²) in [6.45, 7) is 2.14. The summed E-state index contributed by atoms with van der Waals surface area (Å²) in [5.74, 6) is 1.71. The lowest BCUT2D eigenvalue weighted by molar-refractivity contribution is 0.444. The average molecular weight is 435 g/mol. The van der Waals surface area contributed by atoms with Crippen molar-refractivity contribution in [2.75, 3.05) is 6.26 Å². The Labute approximate surface area is 180 Å². The molecule has 1 atom stereocenters. The molecule has 3 aromatic heterocycles. The van der Waals surface area contributed by atoms with Crippen molar-refractivity contribution in [2.45, 2.75) is 30.7 Å². The minimum atomic E-state index is -3.32. The second-order valence-electron chi connectivity index (χ2n) is 7.93. The maximum Gasteiger partial charge on any atom is 0.181 e. The van der Waals surface area contributed by atoms with E-state index in [0.717, 1.165) is 5.69 Å². The van der Waals surface area contributed by atoms with Gasteiger partial charge in [0, 0.05) is 30.4 Å². The average Bonchev–Trinajstić information content (AvgIpc) is 3.28. The molecular weight excluding hydrogens is 412 g/mol. The van der Waals surface area contributed by atoms with Crippen LogP contribution in [0.1, 0.15) is 25.8 Å². The van der Waals surface area contributed by atoms with Gasteiger partial charge in [0.15, 0.2) is 21.5 Å². The molecule has 0 spiro atoms. The maximum absolute atomic E-state index is 12.0. The van der Waals surface area contributed by atoms with Crippen LogP contribution in [0.3, 0.4) is 0 Å². The summed E-state index contributed by atoms with van der Waals surface area (Å²) in [7, 11) is -3.32. The normalized spacial score (nSPS) is 15.2. The number of hydrogen-bond donors (Lipinski definition) is 0. The molecule has 0 radical (unpaired) electrons. The molecule has 1 aromatic carbocycles. The number of nitrogens with zero attached hydrogens (tertiary/aromatic N) is 6. The molecule has 5 rings (SSSR count). The zero-order chi connectivity index (χ0) is 21.6. The van der Waals surface area contributed by atoms with Crippen LogP contribution in [0.5, 0.6) is 0 Å². The van der Waals surface area contributed by atoms with Crippen LogP contribution in [0.4, 0.5) is 0 Å². The molecule has 0 aliphatic heterocycles. The van der Waals surface area contributed by atoms with E-state index in [-0.39, 0.29) is 10.9 Å². The van der Waals surface area contributed by atoms with E-state index < -0.39 is 9.84 Å². The lowest BCUT2D eigenvalue weighted by Crippen LogP contribution is -2.11. The molecule has 31 heavy (non-hydrogen) atoms. The van der Waals surface area contributed by atoms with Crippen molar-refractivity contribution in [2.24, 2.45) is 5.92 Å². The monoisotopic (exact) mass is 434 g/mol. The molecule has 1 saturated carbocycles. The number of pyridine rings is 1. The molecular formula is C22H22N6O2S. The highest BCUT2D eigenvalue weighted by atomic mass is 32.2. The largest absolute Gasteiger partial charge is 0.253 e. The van der Waals surface area contributed by atoms with Crippen LogP contribution in [0.15, 0.2) is 66.0 Å². The second-order valence-corrected chi connectivity index (χ2v) is 9.95. The predicted octanol–water partition coefficient (Wildman–Crippen LogP) is 3.57. The molecule has 0 amide bonds. The molecule has 0 bridgehead atoms. The van der Waals surface area contributed by atoms with E-state index in [1.807, 2.05) is 35.1 Å². The Kier molecular flexibility index (Phi) is 4.70. The molecule has 1 fully saturated rings. The summed E-state index contributed by atoms with van der Waals surface area (Å²) in [6, 6.07) is 12.6. The predicted molar refractivity (Wildman–Crippen MR) is 116 cm³/mol. The van der Waals surface area contributed by atoms with Gasteiger partial charge in [-0.15, -0.1) is 0 Å². The minimum absolute atomic E-state index is 0.171. The number of sulfone groups is 1. The number of benzene rings is 1. The van der Waals surface area contributed by atoms with Gasteiger partial charge in [-0.05, 0) is 56.0 Å². The molecule has 0 saturated heterocycles. The molecule has 0 N–H and O–H groups in total. The minimum Gasteiger partial charge on any atom is -0.253 e. The second kappa shape index (κ2) is 7.42. The van der Waals surface area contributed by atoms with Crippen molar-refractivity contribution in [1.82, 2.24) is 29.5 Å². The van der Waals surface area contributed by atoms with Gasteiger partial charge in [0.05, 0.1) is 16.6 Å². The van der Waals surface area contributed by atoms with E-state index in [1.54, 1.807) is 35.3 Å². The zero-order valence-electron chi connectivity index (χ0n) is 17.3. The SMILES string of the molecule is CC(C1CC1)n1nc(-c2cccc(S(C)(=O)=O)c2)nc1-c1cc(-n2cccn2)ccn1. The van der Waals surface area contributed by atoms with Crippen molar-refractivity contribution in [1.29, 1.82) is 0 Å². The smallest absolute Gasteiger partial charge is 0.181 e. The fourth-order valence-electron chi connectivity index (χ4n) is 3.65. The molecule has 4 aromatic rings. The molecule has 8 nitrogen and oxygen atoms in total. The van der Waals surface area contributed by atoms with Crippen molar-refractivity contribution >= 4 is 9.84 Å². The zero-order valence-corrected chi connectivity index (χ0v) is 18.1. The summed E-state index contributed by atoms with van der Waals surface area (Å²) >= 11 is 0. The number of hydrogen-bond acceptors (Lipinski definition) is 6. The first-order valence-corrected chi connectivity index (χ1v) is 12.0. The Balaban J connectivity index is 1.63. The van der Waals surface area contributed by atoms with Gasteiger partial charge in [0.2, 0.25) is 0 Å². The highest BCUT2D eigenvalue weighted by molar-refractivity contribution is 7.90. The quantitative estimate of drug-likeness (QED) is 0.460. The topological polar surface area (TPSA) is 95.6 Å². The van der Waals surface area contributed by atoms with Crippen LogP contribution in [0, 0.1) is 5.92 Å². The number of rotatable bonds is 6. The standard InChI is InChI=1S/C22H22N6O2S/c1-15(16-7-8-16)28-22(20-14-18(9-11-23-20)27-12-4-10-24-27)25-21(26-28)17-5-3-6-19(13-17)31(2,29)30/h3-6,9-16H,7-8H2,1-2H3. The van der Waals surface area contributed by atoms with Crippen LogP contribution in [-0.2, 0) is 9.84 Å². The van der Waals surface area contributed by atoms with Gasteiger partial charge < -0.3 is 0 Å². The Bertz CT molecular complexity index is 1340. The molecule has 9 heteroatoms. The lowest BCUT2D eigenvalue weighted by atomic mass is 10.2. The van der Waals surface area contributed by atoms with E-state index in [2.05, 4.69) is 17.0 Å². The summed E-state index contributed by atoms with van der Waals surface area (Å²) in [4.78, 5) is 9.59. The van der Waals surface area contributed by atoms with E-state index >= 15 is 0 Å². The van der Waals surface area contributed by atoms with Crippen LogP contribution >= 0.6 is 0 Å². The third kappa shape index (κ3) is 3.88. The van der Waals surface area contributed by atoms with Crippen molar-refractivity contribution < 1.29 is 8.42 Å². The fourth-order valence-corrected chi connectivity index (χ4v) is 4.32. The molecule has 3 heterocycles. The highest BCUT2D eigenvalue weighted by Crippen LogP contribution is 2.41. The van der Waals surface area contributed by atoms with Crippen molar-refractivity contribution in [3.8, 4) is 28.6 Å². The molecule has 1 aliphatic rings. The Morgan fingerprint density at radius 2 is 1.94 bits per heavy atom. The van der Waals surface area contributed by atoms with Crippen LogP contribution in [0.25, 0.3) is 28.6 Å². The summed E-state index contributed by atoms with van der Waals surface area (Å²) < 4.78 is 27.7. The van der Waals surface area contributed by atoms with E-state index in [4.69, 9.17) is 10.1 Å². The maximum atomic E-state index is 12.0. The molecule has 1 unspecified atom stereocenters. The first kappa shape index (κ1) is 19.6. The van der Waals surface area contributed by atoms with E-state index in [9.17, 15) is 8.42 Å². The lowest BCUT2D eigenvalue weighted by Gasteiger charge is -2.13. The summed E-state index contributed by atoms with van der Waals surface area (Å²) in [5, 5.41) is 9.07. The Morgan fingerprint density at radius 1 is 1.10 bits per heavy atom. The number of aromatic nitrogens is 6. The van der Waals surface area contributed by atoms with Gasteiger partial charge in [0.25, 0.3) is 0 Å². The van der Waals surface area contributed by atoms with Crippen LogP contribution in [-0.4, -0.2) is 44.2 Å². The Hall–Kier alpha value is -3.33. The van der Waals surface area contributed by atoms with E-state index in [1.165, 1.54) is 19.1 Å². The van der Waals surface area contributed by atoms with Gasteiger partial charge in [-0.1, -0.05) is 12.1 Å². The van der Waals surface area contributed by atoms with E-state index in [0.29, 0.717) is 28.8 Å². The Morgan fingerprint density at radius 3 is 2.65 bits per heavy atom.